The van der Waals surface area contributed by atoms with Gasteiger partial charge in [0.05, 0.1) is 0 Å². The van der Waals surface area contributed by atoms with Crippen LogP contribution in [0.15, 0.2) is 12.7 Å². The van der Waals surface area contributed by atoms with Gasteiger partial charge in [-0.2, -0.15) is 0 Å². The molecule has 2 N–H and O–H groups in total. The number of nitrogens with one attached hydrogen (secondary N) is 2. The minimum absolute atomic E-state index is 0.0660. The second-order valence-corrected chi connectivity index (χ2v) is 3.50. The van der Waals surface area contributed by atoms with Crippen molar-refractivity contribution in [2.75, 3.05) is 19.6 Å². The summed E-state index contributed by atoms with van der Waals surface area (Å²) < 4.78 is 0. The van der Waals surface area contributed by atoms with Crippen molar-refractivity contribution < 1.29 is 4.79 Å². The van der Waals surface area contributed by atoms with Crippen LogP contribution < -0.4 is 10.6 Å². The van der Waals surface area contributed by atoms with Crippen molar-refractivity contribution in [2.24, 2.45) is 5.92 Å². The smallest absolute Gasteiger partial charge is 0.243 e. The normalized spacial score (nSPS) is 22.3. The quantitative estimate of drug-likeness (QED) is 0.628. The van der Waals surface area contributed by atoms with Crippen LogP contribution in [0.4, 0.5) is 0 Å². The second kappa shape index (κ2) is 5.75. The fraction of sp³-hybridized carbons (Fsp3) is 0.700. The zero-order chi connectivity index (χ0) is 9.52. The van der Waals surface area contributed by atoms with Gasteiger partial charge < -0.3 is 10.6 Å². The number of carbonyl (C=O) groups excluding carboxylic acids is 1. The lowest BCUT2D eigenvalue weighted by Gasteiger charge is -2.22. The first kappa shape index (κ1) is 10.3. The van der Waals surface area contributed by atoms with E-state index in [1.807, 2.05) is 0 Å². The Hall–Kier alpha value is -0.830. The Morgan fingerprint density at radius 1 is 1.69 bits per heavy atom. The first-order valence-electron chi connectivity index (χ1n) is 4.94. The molecular weight excluding hydrogens is 164 g/mol. The molecule has 1 amide bonds. The Kier molecular flexibility index (Phi) is 4.54. The minimum atomic E-state index is -0.0660. The first-order chi connectivity index (χ1) is 6.33. The largest absolute Gasteiger partial charge is 0.353 e. The molecule has 1 aliphatic heterocycles. The molecule has 13 heavy (non-hydrogen) atoms. The number of amides is 1. The lowest BCUT2D eigenvalue weighted by Crippen LogP contribution is -2.32. The van der Waals surface area contributed by atoms with Crippen LogP contribution in [-0.4, -0.2) is 25.5 Å². The Morgan fingerprint density at radius 2 is 2.54 bits per heavy atom. The van der Waals surface area contributed by atoms with Gasteiger partial charge in [-0.05, 0) is 44.3 Å². The van der Waals surface area contributed by atoms with E-state index >= 15 is 0 Å². The fourth-order valence-electron chi connectivity index (χ4n) is 1.64. The van der Waals surface area contributed by atoms with Crippen molar-refractivity contribution >= 4 is 5.91 Å². The van der Waals surface area contributed by atoms with E-state index in [1.54, 1.807) is 0 Å². The minimum Gasteiger partial charge on any atom is -0.353 e. The van der Waals surface area contributed by atoms with E-state index in [1.165, 1.54) is 18.9 Å². The topological polar surface area (TPSA) is 41.1 Å². The third-order valence-corrected chi connectivity index (χ3v) is 2.44. The van der Waals surface area contributed by atoms with E-state index in [-0.39, 0.29) is 5.91 Å². The SMILES string of the molecule is C=CC(=O)NCCC1CCCNC1. The molecule has 1 aliphatic rings. The molecule has 74 valence electrons. The van der Waals surface area contributed by atoms with Gasteiger partial charge in [0, 0.05) is 6.54 Å². The molecule has 0 aromatic carbocycles. The molecule has 1 atom stereocenters. The van der Waals surface area contributed by atoms with Gasteiger partial charge in [0.25, 0.3) is 0 Å². The fourth-order valence-corrected chi connectivity index (χ4v) is 1.64. The monoisotopic (exact) mass is 182 g/mol. The van der Waals surface area contributed by atoms with Gasteiger partial charge in [-0.3, -0.25) is 4.79 Å². The van der Waals surface area contributed by atoms with Gasteiger partial charge in [0.15, 0.2) is 0 Å². The van der Waals surface area contributed by atoms with E-state index in [9.17, 15) is 4.79 Å². The Labute approximate surface area is 79.6 Å². The second-order valence-electron chi connectivity index (χ2n) is 3.50. The molecule has 0 aromatic heterocycles. The zero-order valence-corrected chi connectivity index (χ0v) is 8.01. The first-order valence-corrected chi connectivity index (χ1v) is 4.94. The molecule has 0 aliphatic carbocycles. The van der Waals surface area contributed by atoms with Crippen LogP contribution in [0.25, 0.3) is 0 Å². The molecule has 0 bridgehead atoms. The lowest BCUT2D eigenvalue weighted by molar-refractivity contribution is -0.116. The molecule has 3 nitrogen and oxygen atoms in total. The van der Waals surface area contributed by atoms with Crippen LogP contribution in [-0.2, 0) is 4.79 Å². The van der Waals surface area contributed by atoms with E-state index in [0.29, 0.717) is 0 Å². The zero-order valence-electron chi connectivity index (χ0n) is 8.01. The number of carbonyl (C=O) groups is 1. The summed E-state index contributed by atoms with van der Waals surface area (Å²) in [6.45, 7) is 6.43. The third kappa shape index (κ3) is 4.08. The van der Waals surface area contributed by atoms with Crippen LogP contribution in [0.2, 0.25) is 0 Å². The highest BCUT2D eigenvalue weighted by atomic mass is 16.1. The van der Waals surface area contributed by atoms with Crippen LogP contribution >= 0.6 is 0 Å². The summed E-state index contributed by atoms with van der Waals surface area (Å²) in [4.78, 5) is 10.8. The van der Waals surface area contributed by atoms with Crippen LogP contribution in [0.3, 0.4) is 0 Å². The lowest BCUT2D eigenvalue weighted by atomic mass is 9.96. The molecule has 0 radical (unpaired) electrons. The summed E-state index contributed by atoms with van der Waals surface area (Å²) >= 11 is 0. The van der Waals surface area contributed by atoms with Crippen LogP contribution in [0.5, 0.6) is 0 Å². The summed E-state index contributed by atoms with van der Waals surface area (Å²) in [6.07, 6.45) is 4.95. The van der Waals surface area contributed by atoms with E-state index < -0.39 is 0 Å². The summed E-state index contributed by atoms with van der Waals surface area (Å²) in [5, 5.41) is 6.15. The van der Waals surface area contributed by atoms with Crippen LogP contribution in [0.1, 0.15) is 19.3 Å². The predicted molar refractivity (Wildman–Crippen MR) is 53.4 cm³/mol. The number of hydrogen-bond acceptors (Lipinski definition) is 2. The molecule has 0 spiro atoms. The molecule has 0 saturated carbocycles. The van der Waals surface area contributed by atoms with Crippen molar-refractivity contribution in [1.82, 2.24) is 10.6 Å². The number of rotatable bonds is 4. The molecule has 1 fully saturated rings. The maximum atomic E-state index is 10.8. The van der Waals surface area contributed by atoms with Crippen molar-refractivity contribution in [2.45, 2.75) is 19.3 Å². The molecule has 1 saturated heterocycles. The average Bonchev–Trinajstić information content (AvgIpc) is 2.19. The van der Waals surface area contributed by atoms with Crippen molar-refractivity contribution in [3.8, 4) is 0 Å². The summed E-state index contributed by atoms with van der Waals surface area (Å²) in [5.74, 6) is 0.669. The Morgan fingerprint density at radius 3 is 3.15 bits per heavy atom. The van der Waals surface area contributed by atoms with E-state index in [2.05, 4.69) is 17.2 Å². The Balaban J connectivity index is 2.04. The summed E-state index contributed by atoms with van der Waals surface area (Å²) in [7, 11) is 0. The van der Waals surface area contributed by atoms with Gasteiger partial charge in [-0.15, -0.1) is 0 Å². The summed E-state index contributed by atoms with van der Waals surface area (Å²) in [5.41, 5.74) is 0. The molecule has 1 heterocycles. The van der Waals surface area contributed by atoms with Crippen LogP contribution in [0, 0.1) is 5.92 Å². The van der Waals surface area contributed by atoms with Crippen molar-refractivity contribution in [3.05, 3.63) is 12.7 Å². The van der Waals surface area contributed by atoms with Crippen molar-refractivity contribution in [1.29, 1.82) is 0 Å². The standard InChI is InChI=1S/C10H18N2O/c1-2-10(13)12-7-5-9-4-3-6-11-8-9/h2,9,11H,1,3-8H2,(H,12,13). The molecule has 0 aromatic rings. The number of hydrogen-bond donors (Lipinski definition) is 2. The van der Waals surface area contributed by atoms with E-state index in [0.717, 1.165) is 32.0 Å². The highest BCUT2D eigenvalue weighted by Crippen LogP contribution is 2.12. The molecule has 3 heteroatoms. The number of piperidine rings is 1. The summed E-state index contributed by atoms with van der Waals surface area (Å²) in [6, 6.07) is 0. The third-order valence-electron chi connectivity index (χ3n) is 2.44. The molecule has 1 unspecified atom stereocenters. The maximum Gasteiger partial charge on any atom is 0.243 e. The highest BCUT2D eigenvalue weighted by Gasteiger charge is 2.11. The van der Waals surface area contributed by atoms with Gasteiger partial charge in [-0.25, -0.2) is 0 Å². The van der Waals surface area contributed by atoms with Crippen molar-refractivity contribution in [3.63, 3.8) is 0 Å². The maximum absolute atomic E-state index is 10.8. The van der Waals surface area contributed by atoms with Gasteiger partial charge >= 0.3 is 0 Å². The Bertz CT molecular complexity index is 174. The highest BCUT2D eigenvalue weighted by molar-refractivity contribution is 5.86. The van der Waals surface area contributed by atoms with Gasteiger partial charge in [0.1, 0.15) is 0 Å². The predicted octanol–water partition coefficient (Wildman–Crippen LogP) is 0.678. The van der Waals surface area contributed by atoms with E-state index in [4.69, 9.17) is 0 Å². The molecule has 1 rings (SSSR count). The van der Waals surface area contributed by atoms with Gasteiger partial charge in [-0.1, -0.05) is 6.58 Å². The van der Waals surface area contributed by atoms with Gasteiger partial charge in [0.2, 0.25) is 5.91 Å². The molecular formula is C10H18N2O. The average molecular weight is 182 g/mol.